The standard InChI is InChI=1S/C21H18F4N4O2/c22-15-2-4-16(5-3-15)29-8-7-17(27-29)20(30)26-18-13-14(21(23,24)25)1-6-19(18)28-9-11-31-12-10-28/h1-8,13H,9-12H2,(H,26,30). The van der Waals surface area contributed by atoms with Gasteiger partial charge in [0.1, 0.15) is 5.82 Å². The van der Waals surface area contributed by atoms with Crippen molar-refractivity contribution < 1.29 is 27.1 Å². The van der Waals surface area contributed by atoms with Crippen LogP contribution in [0.2, 0.25) is 0 Å². The lowest BCUT2D eigenvalue weighted by Gasteiger charge is -2.31. The minimum atomic E-state index is -4.55. The molecule has 31 heavy (non-hydrogen) atoms. The van der Waals surface area contributed by atoms with Gasteiger partial charge in [0.2, 0.25) is 0 Å². The molecule has 0 saturated carbocycles. The molecule has 1 amide bonds. The van der Waals surface area contributed by atoms with E-state index >= 15 is 0 Å². The molecule has 1 N–H and O–H groups in total. The number of alkyl halides is 3. The third-order valence-electron chi connectivity index (χ3n) is 4.84. The largest absolute Gasteiger partial charge is 0.416 e. The van der Waals surface area contributed by atoms with E-state index < -0.39 is 23.5 Å². The molecule has 1 aliphatic rings. The van der Waals surface area contributed by atoms with Crippen LogP contribution in [-0.2, 0) is 10.9 Å². The van der Waals surface area contributed by atoms with Crippen molar-refractivity contribution in [1.82, 2.24) is 9.78 Å². The summed E-state index contributed by atoms with van der Waals surface area (Å²) in [5.74, 6) is -1.07. The van der Waals surface area contributed by atoms with Gasteiger partial charge in [0.15, 0.2) is 5.69 Å². The van der Waals surface area contributed by atoms with Crippen LogP contribution in [-0.4, -0.2) is 42.0 Å². The summed E-state index contributed by atoms with van der Waals surface area (Å²) in [7, 11) is 0. The first-order valence-corrected chi connectivity index (χ1v) is 9.48. The molecule has 0 unspecified atom stereocenters. The first-order chi connectivity index (χ1) is 14.8. The molecule has 0 spiro atoms. The van der Waals surface area contributed by atoms with Gasteiger partial charge in [-0.25, -0.2) is 9.07 Å². The topological polar surface area (TPSA) is 59.4 Å². The molecular formula is C21H18F4N4O2. The summed E-state index contributed by atoms with van der Waals surface area (Å²) in [6, 6.07) is 10.2. The highest BCUT2D eigenvalue weighted by Gasteiger charge is 2.32. The van der Waals surface area contributed by atoms with Crippen LogP contribution in [0.5, 0.6) is 0 Å². The maximum Gasteiger partial charge on any atom is 0.416 e. The van der Waals surface area contributed by atoms with E-state index in [-0.39, 0.29) is 11.4 Å². The molecule has 1 aromatic heterocycles. The predicted molar refractivity (Wildman–Crippen MR) is 106 cm³/mol. The molecule has 0 bridgehead atoms. The fourth-order valence-electron chi connectivity index (χ4n) is 3.26. The van der Waals surface area contributed by atoms with E-state index in [1.165, 1.54) is 47.3 Å². The van der Waals surface area contributed by atoms with Crippen LogP contribution < -0.4 is 10.2 Å². The van der Waals surface area contributed by atoms with Crippen molar-refractivity contribution in [3.05, 3.63) is 71.8 Å². The minimum Gasteiger partial charge on any atom is -0.378 e. The summed E-state index contributed by atoms with van der Waals surface area (Å²) < 4.78 is 59.5. The van der Waals surface area contributed by atoms with E-state index in [1.807, 2.05) is 4.90 Å². The summed E-state index contributed by atoms with van der Waals surface area (Å²) in [6.45, 7) is 1.87. The second-order valence-corrected chi connectivity index (χ2v) is 6.91. The Labute approximate surface area is 175 Å². The van der Waals surface area contributed by atoms with Gasteiger partial charge >= 0.3 is 6.18 Å². The lowest BCUT2D eigenvalue weighted by molar-refractivity contribution is -0.137. The molecule has 1 aliphatic heterocycles. The number of amides is 1. The number of ether oxygens (including phenoxy) is 1. The van der Waals surface area contributed by atoms with E-state index in [0.29, 0.717) is 37.7 Å². The number of morpholine rings is 1. The minimum absolute atomic E-state index is 0.00895. The van der Waals surface area contributed by atoms with Gasteiger partial charge in [-0.3, -0.25) is 4.79 Å². The van der Waals surface area contributed by atoms with Crippen molar-refractivity contribution in [2.75, 3.05) is 36.5 Å². The molecule has 162 valence electrons. The lowest BCUT2D eigenvalue weighted by Crippen LogP contribution is -2.36. The number of nitrogens with one attached hydrogen (secondary N) is 1. The number of nitrogens with zero attached hydrogens (tertiary/aromatic N) is 3. The average molecular weight is 434 g/mol. The summed E-state index contributed by atoms with van der Waals surface area (Å²) in [5.41, 5.74) is 0.195. The highest BCUT2D eigenvalue weighted by atomic mass is 19.4. The van der Waals surface area contributed by atoms with Gasteiger partial charge in [0, 0.05) is 19.3 Å². The molecule has 1 saturated heterocycles. The van der Waals surface area contributed by atoms with Crippen molar-refractivity contribution >= 4 is 17.3 Å². The SMILES string of the molecule is O=C(Nc1cc(C(F)(F)F)ccc1N1CCOCC1)c1ccn(-c2ccc(F)cc2)n1. The smallest absolute Gasteiger partial charge is 0.378 e. The Bertz CT molecular complexity index is 1070. The third-order valence-corrected chi connectivity index (χ3v) is 4.84. The maximum atomic E-state index is 13.2. The van der Waals surface area contributed by atoms with Crippen molar-refractivity contribution in [1.29, 1.82) is 0 Å². The Hall–Kier alpha value is -3.40. The van der Waals surface area contributed by atoms with Gasteiger partial charge in [-0.05, 0) is 48.5 Å². The van der Waals surface area contributed by atoms with Gasteiger partial charge in [-0.2, -0.15) is 18.3 Å². The van der Waals surface area contributed by atoms with Gasteiger partial charge in [-0.15, -0.1) is 0 Å². The van der Waals surface area contributed by atoms with Crippen LogP contribution in [0.15, 0.2) is 54.7 Å². The number of carbonyl (C=O) groups is 1. The maximum absolute atomic E-state index is 13.2. The van der Waals surface area contributed by atoms with Crippen LogP contribution in [0.4, 0.5) is 28.9 Å². The number of anilines is 2. The molecule has 0 aliphatic carbocycles. The van der Waals surface area contributed by atoms with E-state index in [0.717, 1.165) is 12.1 Å². The van der Waals surface area contributed by atoms with Crippen LogP contribution in [0.1, 0.15) is 16.1 Å². The number of rotatable bonds is 4. The third kappa shape index (κ3) is 4.69. The van der Waals surface area contributed by atoms with Crippen LogP contribution in [0.25, 0.3) is 5.69 Å². The number of benzene rings is 2. The number of halogens is 4. The lowest BCUT2D eigenvalue weighted by atomic mass is 10.1. The van der Waals surface area contributed by atoms with Gasteiger partial charge in [-0.1, -0.05) is 0 Å². The van der Waals surface area contributed by atoms with Crippen LogP contribution in [0, 0.1) is 5.82 Å². The van der Waals surface area contributed by atoms with Gasteiger partial charge in [0.25, 0.3) is 5.91 Å². The molecule has 2 aromatic carbocycles. The van der Waals surface area contributed by atoms with E-state index in [1.54, 1.807) is 0 Å². The monoisotopic (exact) mass is 434 g/mol. The molecular weight excluding hydrogens is 416 g/mol. The number of aromatic nitrogens is 2. The number of carbonyl (C=O) groups excluding carboxylic acids is 1. The summed E-state index contributed by atoms with van der Waals surface area (Å²) in [6.07, 6.45) is -3.04. The van der Waals surface area contributed by atoms with E-state index in [4.69, 9.17) is 4.74 Å². The van der Waals surface area contributed by atoms with Crippen LogP contribution >= 0.6 is 0 Å². The zero-order valence-electron chi connectivity index (χ0n) is 16.2. The van der Waals surface area contributed by atoms with Crippen molar-refractivity contribution in [2.24, 2.45) is 0 Å². The first kappa shape index (κ1) is 20.9. The van der Waals surface area contributed by atoms with E-state index in [9.17, 15) is 22.4 Å². The van der Waals surface area contributed by atoms with E-state index in [2.05, 4.69) is 10.4 Å². The molecule has 0 radical (unpaired) electrons. The van der Waals surface area contributed by atoms with Gasteiger partial charge < -0.3 is 15.0 Å². The molecule has 1 fully saturated rings. The average Bonchev–Trinajstić information content (AvgIpc) is 3.25. The Balaban J connectivity index is 1.61. The Kier molecular flexibility index (Phi) is 5.64. The fraction of sp³-hybridized carbons (Fsp3) is 0.238. The summed E-state index contributed by atoms with van der Waals surface area (Å²) in [5, 5.41) is 6.70. The summed E-state index contributed by atoms with van der Waals surface area (Å²) >= 11 is 0. The van der Waals surface area contributed by atoms with Crippen molar-refractivity contribution in [3.8, 4) is 5.69 Å². The predicted octanol–water partition coefficient (Wildman–Crippen LogP) is 4.12. The van der Waals surface area contributed by atoms with Gasteiger partial charge in [0.05, 0.1) is 35.8 Å². The second kappa shape index (κ2) is 8.38. The Morgan fingerprint density at radius 3 is 2.42 bits per heavy atom. The quantitative estimate of drug-likeness (QED) is 0.628. The van der Waals surface area contributed by atoms with Crippen LogP contribution in [0.3, 0.4) is 0 Å². The molecule has 3 aromatic rings. The number of hydrogen-bond donors (Lipinski definition) is 1. The zero-order chi connectivity index (χ0) is 22.0. The van der Waals surface area contributed by atoms with Crippen molar-refractivity contribution in [2.45, 2.75) is 6.18 Å². The van der Waals surface area contributed by atoms with Crippen molar-refractivity contribution in [3.63, 3.8) is 0 Å². The Morgan fingerprint density at radius 1 is 1.03 bits per heavy atom. The highest BCUT2D eigenvalue weighted by Crippen LogP contribution is 2.36. The molecule has 0 atom stereocenters. The molecule has 4 rings (SSSR count). The first-order valence-electron chi connectivity index (χ1n) is 9.48. The Morgan fingerprint density at radius 2 is 1.74 bits per heavy atom. The number of hydrogen-bond acceptors (Lipinski definition) is 4. The molecule has 6 nitrogen and oxygen atoms in total. The zero-order valence-corrected chi connectivity index (χ0v) is 16.2. The molecule has 2 heterocycles. The molecule has 10 heteroatoms. The highest BCUT2D eigenvalue weighted by molar-refractivity contribution is 6.04. The summed E-state index contributed by atoms with van der Waals surface area (Å²) in [4.78, 5) is 14.6. The second-order valence-electron chi connectivity index (χ2n) is 6.91. The fourth-order valence-corrected chi connectivity index (χ4v) is 3.26. The normalized spacial score (nSPS) is 14.5.